The smallest absolute Gasteiger partial charge is 0.191 e. The van der Waals surface area contributed by atoms with E-state index in [1.165, 1.54) is 24.0 Å². The molecule has 1 fully saturated rings. The Kier molecular flexibility index (Phi) is 6.69. The highest BCUT2D eigenvalue weighted by Crippen LogP contribution is 2.17. The molecule has 1 aliphatic heterocycles. The quantitative estimate of drug-likeness (QED) is 0.608. The van der Waals surface area contributed by atoms with E-state index in [0.29, 0.717) is 12.5 Å². The number of rotatable bonds is 6. The Morgan fingerprint density at radius 3 is 2.67 bits per heavy atom. The number of hydrogen-bond donors (Lipinski definition) is 2. The van der Waals surface area contributed by atoms with Crippen LogP contribution in [0.3, 0.4) is 0 Å². The lowest BCUT2D eigenvalue weighted by Gasteiger charge is -2.18. The van der Waals surface area contributed by atoms with Crippen molar-refractivity contribution in [2.45, 2.75) is 39.2 Å². The van der Waals surface area contributed by atoms with Crippen LogP contribution in [0.5, 0.6) is 0 Å². The Hall–Kier alpha value is -2.56. The first-order valence-corrected chi connectivity index (χ1v) is 9.86. The van der Waals surface area contributed by atoms with Crippen molar-refractivity contribution >= 4 is 11.8 Å². The molecular formula is C22H31N5. The number of nitrogens with zero attached hydrogens (tertiary/aromatic N) is 3. The van der Waals surface area contributed by atoms with Crippen LogP contribution in [0.15, 0.2) is 47.6 Å². The SMILES string of the molecule is CN=C(NCc1ccc(N2CCCC2)nc1)NCC(C)c1cccc(C)c1. The van der Waals surface area contributed by atoms with E-state index in [4.69, 9.17) is 0 Å². The Morgan fingerprint density at radius 1 is 1.19 bits per heavy atom. The second kappa shape index (κ2) is 9.40. The molecule has 1 aliphatic rings. The molecule has 5 nitrogen and oxygen atoms in total. The van der Waals surface area contributed by atoms with Crippen molar-refractivity contribution < 1.29 is 0 Å². The lowest BCUT2D eigenvalue weighted by molar-refractivity contribution is 0.698. The summed E-state index contributed by atoms with van der Waals surface area (Å²) in [5.41, 5.74) is 3.80. The zero-order valence-electron chi connectivity index (χ0n) is 16.7. The molecule has 0 saturated carbocycles. The number of nitrogens with one attached hydrogen (secondary N) is 2. The van der Waals surface area contributed by atoms with Crippen molar-refractivity contribution in [3.05, 3.63) is 59.3 Å². The van der Waals surface area contributed by atoms with E-state index in [9.17, 15) is 0 Å². The predicted molar refractivity (Wildman–Crippen MR) is 113 cm³/mol. The van der Waals surface area contributed by atoms with Gasteiger partial charge in [0.25, 0.3) is 0 Å². The molecule has 0 amide bonds. The number of benzene rings is 1. The summed E-state index contributed by atoms with van der Waals surface area (Å²) in [5.74, 6) is 2.33. The predicted octanol–water partition coefficient (Wildman–Crippen LogP) is 3.46. The summed E-state index contributed by atoms with van der Waals surface area (Å²) < 4.78 is 0. The molecule has 5 heteroatoms. The largest absolute Gasteiger partial charge is 0.357 e. The average molecular weight is 366 g/mol. The molecule has 2 N–H and O–H groups in total. The molecule has 1 atom stereocenters. The van der Waals surface area contributed by atoms with Crippen LogP contribution in [-0.2, 0) is 6.54 Å². The Bertz CT molecular complexity index is 748. The van der Waals surface area contributed by atoms with E-state index in [1.807, 2.05) is 6.20 Å². The standard InChI is InChI=1S/C22H31N5/c1-17-7-6-8-20(13-17)18(2)14-25-22(23-3)26-16-19-9-10-21(24-15-19)27-11-4-5-12-27/h6-10,13,15,18H,4-5,11-12,14,16H2,1-3H3,(H2,23,25,26). The van der Waals surface area contributed by atoms with Crippen molar-refractivity contribution in [3.63, 3.8) is 0 Å². The number of aryl methyl sites for hydroxylation is 1. The zero-order chi connectivity index (χ0) is 19.1. The minimum Gasteiger partial charge on any atom is -0.357 e. The molecule has 0 aliphatic carbocycles. The average Bonchev–Trinajstić information content (AvgIpc) is 3.23. The van der Waals surface area contributed by atoms with Gasteiger partial charge in [-0.15, -0.1) is 0 Å². The molecule has 2 aromatic rings. The number of aromatic nitrogens is 1. The molecule has 144 valence electrons. The molecule has 0 spiro atoms. The van der Waals surface area contributed by atoms with Crippen LogP contribution in [0, 0.1) is 6.92 Å². The molecule has 27 heavy (non-hydrogen) atoms. The van der Waals surface area contributed by atoms with E-state index in [0.717, 1.165) is 37.0 Å². The summed E-state index contributed by atoms with van der Waals surface area (Å²) >= 11 is 0. The van der Waals surface area contributed by atoms with Crippen LogP contribution in [0.2, 0.25) is 0 Å². The van der Waals surface area contributed by atoms with Gasteiger partial charge < -0.3 is 15.5 Å². The second-order valence-electron chi connectivity index (χ2n) is 7.34. The van der Waals surface area contributed by atoms with Crippen LogP contribution in [0.1, 0.15) is 42.4 Å². The maximum Gasteiger partial charge on any atom is 0.191 e. The third-order valence-corrected chi connectivity index (χ3v) is 5.11. The van der Waals surface area contributed by atoms with E-state index < -0.39 is 0 Å². The van der Waals surface area contributed by atoms with Gasteiger partial charge >= 0.3 is 0 Å². The third kappa shape index (κ3) is 5.46. The van der Waals surface area contributed by atoms with Gasteiger partial charge in [-0.25, -0.2) is 4.98 Å². The first-order chi connectivity index (χ1) is 13.2. The first kappa shape index (κ1) is 19.2. The maximum atomic E-state index is 4.61. The van der Waals surface area contributed by atoms with Crippen molar-refractivity contribution in [1.29, 1.82) is 0 Å². The number of aliphatic imine (C=N–C) groups is 1. The van der Waals surface area contributed by atoms with Gasteiger partial charge in [0.05, 0.1) is 0 Å². The Labute approximate surface area is 162 Å². The minimum atomic E-state index is 0.421. The second-order valence-corrected chi connectivity index (χ2v) is 7.34. The van der Waals surface area contributed by atoms with Crippen LogP contribution < -0.4 is 15.5 Å². The Balaban J connectivity index is 1.47. The third-order valence-electron chi connectivity index (χ3n) is 5.11. The number of anilines is 1. The minimum absolute atomic E-state index is 0.421. The number of guanidine groups is 1. The zero-order valence-corrected chi connectivity index (χ0v) is 16.7. The molecule has 1 aromatic heterocycles. The number of pyridine rings is 1. The first-order valence-electron chi connectivity index (χ1n) is 9.86. The topological polar surface area (TPSA) is 52.6 Å². The summed E-state index contributed by atoms with van der Waals surface area (Å²) in [5, 5.41) is 6.80. The van der Waals surface area contributed by atoms with Crippen molar-refractivity contribution in [1.82, 2.24) is 15.6 Å². The van der Waals surface area contributed by atoms with Gasteiger partial charge in [0.1, 0.15) is 5.82 Å². The normalized spacial score (nSPS) is 15.7. The molecule has 1 aromatic carbocycles. The van der Waals surface area contributed by atoms with E-state index >= 15 is 0 Å². The number of hydrogen-bond acceptors (Lipinski definition) is 3. The van der Waals surface area contributed by atoms with Crippen LogP contribution in [-0.4, -0.2) is 37.6 Å². The Morgan fingerprint density at radius 2 is 2.00 bits per heavy atom. The summed E-state index contributed by atoms with van der Waals surface area (Å²) in [6.45, 7) is 8.17. The van der Waals surface area contributed by atoms with Crippen LogP contribution in [0.25, 0.3) is 0 Å². The molecule has 1 unspecified atom stereocenters. The molecule has 0 bridgehead atoms. The lowest BCUT2D eigenvalue weighted by atomic mass is 9.99. The molecular weight excluding hydrogens is 334 g/mol. The van der Waals surface area contributed by atoms with Gasteiger partial charge in [0.2, 0.25) is 0 Å². The van der Waals surface area contributed by atoms with Crippen molar-refractivity contribution in [2.75, 3.05) is 31.6 Å². The lowest BCUT2D eigenvalue weighted by Crippen LogP contribution is -2.38. The van der Waals surface area contributed by atoms with Crippen molar-refractivity contribution in [3.8, 4) is 0 Å². The highest BCUT2D eigenvalue weighted by atomic mass is 15.2. The summed E-state index contributed by atoms with van der Waals surface area (Å²) in [4.78, 5) is 11.3. The van der Waals surface area contributed by atoms with E-state index in [2.05, 4.69) is 75.8 Å². The van der Waals surface area contributed by atoms with Gasteiger partial charge in [-0.1, -0.05) is 42.8 Å². The van der Waals surface area contributed by atoms with Gasteiger partial charge in [-0.2, -0.15) is 0 Å². The fourth-order valence-electron chi connectivity index (χ4n) is 3.41. The summed E-state index contributed by atoms with van der Waals surface area (Å²) in [7, 11) is 1.81. The fraction of sp³-hybridized carbons (Fsp3) is 0.455. The molecule has 3 rings (SSSR count). The molecule has 0 radical (unpaired) electrons. The highest BCUT2D eigenvalue weighted by Gasteiger charge is 2.13. The van der Waals surface area contributed by atoms with Gasteiger partial charge in [0, 0.05) is 39.4 Å². The van der Waals surface area contributed by atoms with E-state index in [-0.39, 0.29) is 0 Å². The monoisotopic (exact) mass is 365 g/mol. The maximum absolute atomic E-state index is 4.61. The van der Waals surface area contributed by atoms with Crippen molar-refractivity contribution in [2.24, 2.45) is 4.99 Å². The van der Waals surface area contributed by atoms with Gasteiger partial charge in [-0.05, 0) is 42.9 Å². The fourth-order valence-corrected chi connectivity index (χ4v) is 3.41. The molecule has 2 heterocycles. The van der Waals surface area contributed by atoms with Gasteiger partial charge in [0.15, 0.2) is 5.96 Å². The molecule has 1 saturated heterocycles. The van der Waals surface area contributed by atoms with E-state index in [1.54, 1.807) is 7.05 Å². The summed E-state index contributed by atoms with van der Waals surface area (Å²) in [6, 6.07) is 13.0. The van der Waals surface area contributed by atoms with Crippen LogP contribution in [0.4, 0.5) is 5.82 Å². The van der Waals surface area contributed by atoms with Crippen LogP contribution >= 0.6 is 0 Å². The highest BCUT2D eigenvalue weighted by molar-refractivity contribution is 5.79. The van der Waals surface area contributed by atoms with Gasteiger partial charge in [-0.3, -0.25) is 4.99 Å². The summed E-state index contributed by atoms with van der Waals surface area (Å²) in [6.07, 6.45) is 4.51.